The van der Waals surface area contributed by atoms with Crippen LogP contribution in [0.1, 0.15) is 12.8 Å². The number of carbonyl (C=O) groups is 1. The first-order valence-corrected chi connectivity index (χ1v) is 9.87. The van der Waals surface area contributed by atoms with E-state index in [9.17, 15) is 4.79 Å². The lowest BCUT2D eigenvalue weighted by Crippen LogP contribution is -2.12. The molecule has 4 aromatic rings. The Kier molecular flexibility index (Phi) is 4.55. The van der Waals surface area contributed by atoms with Crippen LogP contribution in [0, 0.1) is 5.92 Å². The van der Waals surface area contributed by atoms with Gasteiger partial charge in [-0.3, -0.25) is 4.79 Å². The summed E-state index contributed by atoms with van der Waals surface area (Å²) in [5, 5.41) is 10.7. The van der Waals surface area contributed by atoms with Crippen LogP contribution in [-0.2, 0) is 4.79 Å². The van der Waals surface area contributed by atoms with Crippen LogP contribution in [0.4, 0.5) is 17.3 Å². The smallest absolute Gasteiger partial charge is 0.247 e. The third-order valence-corrected chi connectivity index (χ3v) is 5.12. The fraction of sp³-hybridized carbons (Fsp3) is 0.174. The minimum Gasteiger partial charge on any atom is -0.495 e. The number of nitrogens with zero attached hydrogens (tertiary/aromatic N) is 3. The number of hydrogen-bond acceptors (Lipinski definition) is 5. The highest BCUT2D eigenvalue weighted by molar-refractivity contribution is 5.94. The molecule has 0 unspecified atom stereocenters. The van der Waals surface area contributed by atoms with E-state index in [0.29, 0.717) is 5.95 Å². The van der Waals surface area contributed by atoms with E-state index in [1.165, 1.54) is 0 Å². The number of pyridine rings is 1. The van der Waals surface area contributed by atoms with Crippen molar-refractivity contribution in [3.05, 3.63) is 66.9 Å². The molecule has 7 nitrogen and oxygen atoms in total. The third kappa shape index (κ3) is 3.69. The molecule has 1 aliphatic carbocycles. The summed E-state index contributed by atoms with van der Waals surface area (Å²) in [5.41, 5.74) is 4.41. The maximum Gasteiger partial charge on any atom is 0.247 e. The second kappa shape index (κ2) is 7.51. The molecule has 0 aliphatic heterocycles. The van der Waals surface area contributed by atoms with Gasteiger partial charge in [-0.2, -0.15) is 4.98 Å². The number of amides is 1. The number of carbonyl (C=O) groups excluding carboxylic acids is 1. The topological polar surface area (TPSA) is 80.5 Å². The summed E-state index contributed by atoms with van der Waals surface area (Å²) in [4.78, 5) is 16.4. The summed E-state index contributed by atoms with van der Waals surface area (Å²) >= 11 is 0. The highest BCUT2D eigenvalue weighted by atomic mass is 16.5. The van der Waals surface area contributed by atoms with Crippen molar-refractivity contribution in [3.63, 3.8) is 0 Å². The van der Waals surface area contributed by atoms with Crippen molar-refractivity contribution >= 4 is 28.9 Å². The van der Waals surface area contributed by atoms with Crippen molar-refractivity contribution in [2.24, 2.45) is 5.92 Å². The minimum absolute atomic E-state index is 0.113. The molecule has 30 heavy (non-hydrogen) atoms. The Bertz CT molecular complexity index is 1210. The second-order valence-corrected chi connectivity index (χ2v) is 7.32. The molecule has 2 heterocycles. The van der Waals surface area contributed by atoms with Gasteiger partial charge in [-0.25, -0.2) is 4.52 Å². The van der Waals surface area contributed by atoms with Gasteiger partial charge in [0.15, 0.2) is 5.65 Å². The summed E-state index contributed by atoms with van der Waals surface area (Å²) in [6.07, 6.45) is 3.93. The maximum atomic E-state index is 11.9. The Morgan fingerprint density at radius 1 is 1.03 bits per heavy atom. The Balaban J connectivity index is 1.36. The number of fused-ring (bicyclic) bond motifs is 1. The summed E-state index contributed by atoms with van der Waals surface area (Å²) in [6, 6.07) is 19.4. The Morgan fingerprint density at radius 2 is 1.80 bits per heavy atom. The van der Waals surface area contributed by atoms with E-state index in [0.717, 1.165) is 46.7 Å². The van der Waals surface area contributed by atoms with Crippen LogP contribution < -0.4 is 15.4 Å². The summed E-state index contributed by atoms with van der Waals surface area (Å²) in [5.74, 6) is 1.53. The van der Waals surface area contributed by atoms with Crippen LogP contribution >= 0.6 is 0 Å². The van der Waals surface area contributed by atoms with Crippen molar-refractivity contribution in [2.45, 2.75) is 12.8 Å². The van der Waals surface area contributed by atoms with Crippen molar-refractivity contribution in [2.75, 3.05) is 17.7 Å². The molecule has 5 rings (SSSR count). The van der Waals surface area contributed by atoms with Crippen LogP contribution in [0.25, 0.3) is 16.8 Å². The predicted octanol–water partition coefficient (Wildman–Crippen LogP) is 4.50. The fourth-order valence-corrected chi connectivity index (χ4v) is 3.31. The van der Waals surface area contributed by atoms with E-state index in [1.807, 2.05) is 66.9 Å². The Hall–Kier alpha value is -3.87. The van der Waals surface area contributed by atoms with Crippen LogP contribution in [0.5, 0.6) is 5.75 Å². The molecule has 7 heteroatoms. The number of methoxy groups -OCH3 is 1. The zero-order valence-corrected chi connectivity index (χ0v) is 16.5. The van der Waals surface area contributed by atoms with Crippen LogP contribution in [0.3, 0.4) is 0 Å². The molecular weight excluding hydrogens is 378 g/mol. The SMILES string of the molecule is COc1ccccc1Nc1nc2ccc(-c3ccc(NC(=O)C4CC4)cc3)cn2n1. The van der Waals surface area contributed by atoms with Gasteiger partial charge in [0.1, 0.15) is 5.75 Å². The summed E-state index contributed by atoms with van der Waals surface area (Å²) in [7, 11) is 1.63. The normalized spacial score (nSPS) is 13.2. The average molecular weight is 399 g/mol. The first kappa shape index (κ1) is 18.2. The van der Waals surface area contributed by atoms with Gasteiger partial charge in [-0.1, -0.05) is 24.3 Å². The number of para-hydroxylation sites is 2. The average Bonchev–Trinajstić information content (AvgIpc) is 3.55. The number of rotatable bonds is 6. The number of ether oxygens (including phenoxy) is 1. The second-order valence-electron chi connectivity index (χ2n) is 7.32. The Morgan fingerprint density at radius 3 is 2.57 bits per heavy atom. The molecule has 2 N–H and O–H groups in total. The molecule has 0 radical (unpaired) electrons. The van der Waals surface area contributed by atoms with Gasteiger partial charge >= 0.3 is 0 Å². The van der Waals surface area contributed by atoms with Gasteiger partial charge in [0, 0.05) is 23.4 Å². The minimum atomic E-state index is 0.113. The van der Waals surface area contributed by atoms with Crippen molar-refractivity contribution in [1.82, 2.24) is 14.6 Å². The van der Waals surface area contributed by atoms with Crippen LogP contribution in [0.2, 0.25) is 0 Å². The maximum absolute atomic E-state index is 11.9. The van der Waals surface area contributed by atoms with Gasteiger partial charge in [-0.15, -0.1) is 5.10 Å². The lowest BCUT2D eigenvalue weighted by Gasteiger charge is -2.07. The standard InChI is InChI=1S/C23H21N5O2/c1-30-20-5-3-2-4-19(20)25-23-26-21-13-10-17(14-28(21)27-23)15-8-11-18(12-9-15)24-22(29)16-6-7-16/h2-5,8-14,16H,6-7H2,1H3,(H,24,29)(H,25,27). The molecule has 2 aromatic heterocycles. The Labute approximate surface area is 173 Å². The van der Waals surface area contributed by atoms with Crippen molar-refractivity contribution in [1.29, 1.82) is 0 Å². The van der Waals surface area contributed by atoms with E-state index in [-0.39, 0.29) is 11.8 Å². The number of anilines is 3. The molecule has 2 aromatic carbocycles. The molecule has 0 atom stereocenters. The molecular formula is C23H21N5O2. The molecule has 0 bridgehead atoms. The highest BCUT2D eigenvalue weighted by Gasteiger charge is 2.29. The lowest BCUT2D eigenvalue weighted by atomic mass is 10.1. The van der Waals surface area contributed by atoms with Crippen molar-refractivity contribution in [3.8, 4) is 16.9 Å². The first-order chi connectivity index (χ1) is 14.7. The van der Waals surface area contributed by atoms with Gasteiger partial charge < -0.3 is 15.4 Å². The van der Waals surface area contributed by atoms with E-state index in [2.05, 4.69) is 20.7 Å². The largest absolute Gasteiger partial charge is 0.495 e. The molecule has 1 aliphatic rings. The van der Waals surface area contributed by atoms with Gasteiger partial charge in [0.25, 0.3) is 0 Å². The third-order valence-electron chi connectivity index (χ3n) is 5.12. The van der Waals surface area contributed by atoms with Gasteiger partial charge in [0.2, 0.25) is 11.9 Å². The molecule has 1 amide bonds. The monoisotopic (exact) mass is 399 g/mol. The van der Waals surface area contributed by atoms with Crippen molar-refractivity contribution < 1.29 is 9.53 Å². The predicted molar refractivity (Wildman–Crippen MR) is 116 cm³/mol. The number of nitrogens with one attached hydrogen (secondary N) is 2. The van der Waals surface area contributed by atoms with Crippen LogP contribution in [-0.4, -0.2) is 27.6 Å². The quantitative estimate of drug-likeness (QED) is 0.499. The van der Waals surface area contributed by atoms with E-state index < -0.39 is 0 Å². The van der Waals surface area contributed by atoms with Crippen LogP contribution in [0.15, 0.2) is 66.9 Å². The van der Waals surface area contributed by atoms with Gasteiger partial charge in [0.05, 0.1) is 12.8 Å². The summed E-state index contributed by atoms with van der Waals surface area (Å²) in [6.45, 7) is 0. The zero-order valence-electron chi connectivity index (χ0n) is 16.5. The molecule has 0 saturated heterocycles. The molecule has 0 spiro atoms. The van der Waals surface area contributed by atoms with E-state index in [4.69, 9.17) is 4.74 Å². The molecule has 150 valence electrons. The number of aromatic nitrogens is 3. The molecule has 1 fully saturated rings. The number of benzene rings is 2. The first-order valence-electron chi connectivity index (χ1n) is 9.87. The zero-order chi connectivity index (χ0) is 20.5. The molecule has 1 saturated carbocycles. The summed E-state index contributed by atoms with van der Waals surface area (Å²) < 4.78 is 7.11. The lowest BCUT2D eigenvalue weighted by molar-refractivity contribution is -0.117. The van der Waals surface area contributed by atoms with Gasteiger partial charge in [-0.05, 0) is 54.8 Å². The fourth-order valence-electron chi connectivity index (χ4n) is 3.31. The number of hydrogen-bond donors (Lipinski definition) is 2. The van der Waals surface area contributed by atoms with E-state index >= 15 is 0 Å². The highest BCUT2D eigenvalue weighted by Crippen LogP contribution is 2.31. The van der Waals surface area contributed by atoms with E-state index in [1.54, 1.807) is 11.6 Å².